The molecule has 1 aromatic carbocycles. The zero-order valence-electron chi connectivity index (χ0n) is 19.3. The standard InChI is InChI=1S/C22H26N4O6S/c1-11(2)32-14-8-7-13(9-15(14)30-5)19(27)25-26-20(28)18-12(3)17-21(31-6)23-16(10-29-4)24-22(17)33-18/h7-9,11H,10H2,1-6H3,(H,25,27)(H,26,28). The average Bonchev–Trinajstić information content (AvgIpc) is 3.13. The second-order valence-corrected chi connectivity index (χ2v) is 8.26. The zero-order chi connectivity index (χ0) is 24.1. The number of aryl methyl sites for hydroxylation is 1. The van der Waals surface area contributed by atoms with Gasteiger partial charge in [0.1, 0.15) is 11.4 Å². The van der Waals surface area contributed by atoms with Crippen LogP contribution in [0.4, 0.5) is 0 Å². The molecule has 0 fully saturated rings. The van der Waals surface area contributed by atoms with E-state index in [1.54, 1.807) is 32.2 Å². The van der Waals surface area contributed by atoms with Crippen LogP contribution in [0.2, 0.25) is 0 Å². The van der Waals surface area contributed by atoms with Crippen LogP contribution in [0, 0.1) is 6.92 Å². The van der Waals surface area contributed by atoms with Crippen molar-refractivity contribution in [1.82, 2.24) is 20.8 Å². The molecule has 0 aliphatic heterocycles. The minimum absolute atomic E-state index is 0.0451. The van der Waals surface area contributed by atoms with Crippen molar-refractivity contribution in [1.29, 1.82) is 0 Å². The third-order valence-electron chi connectivity index (χ3n) is 4.55. The van der Waals surface area contributed by atoms with E-state index >= 15 is 0 Å². The van der Waals surface area contributed by atoms with Gasteiger partial charge >= 0.3 is 0 Å². The topological polar surface area (TPSA) is 121 Å². The summed E-state index contributed by atoms with van der Waals surface area (Å²) in [5.74, 6) is 0.765. The molecule has 176 valence electrons. The van der Waals surface area contributed by atoms with Gasteiger partial charge in [-0.05, 0) is 44.5 Å². The molecule has 0 saturated heterocycles. The van der Waals surface area contributed by atoms with Crippen LogP contribution in [0.15, 0.2) is 18.2 Å². The van der Waals surface area contributed by atoms with E-state index in [2.05, 4.69) is 20.8 Å². The van der Waals surface area contributed by atoms with E-state index < -0.39 is 11.8 Å². The van der Waals surface area contributed by atoms with Crippen molar-refractivity contribution in [3.05, 3.63) is 40.0 Å². The van der Waals surface area contributed by atoms with Gasteiger partial charge < -0.3 is 18.9 Å². The number of carbonyl (C=O) groups is 2. The molecule has 3 rings (SSSR count). The summed E-state index contributed by atoms with van der Waals surface area (Å²) in [5.41, 5.74) is 5.82. The maximum absolute atomic E-state index is 12.8. The highest BCUT2D eigenvalue weighted by Gasteiger charge is 2.22. The number of nitrogens with one attached hydrogen (secondary N) is 2. The molecule has 3 aromatic rings. The van der Waals surface area contributed by atoms with Gasteiger partial charge in [0.25, 0.3) is 11.8 Å². The lowest BCUT2D eigenvalue weighted by atomic mass is 10.2. The Labute approximate surface area is 195 Å². The first-order valence-corrected chi connectivity index (χ1v) is 10.9. The second kappa shape index (κ2) is 10.5. The predicted molar refractivity (Wildman–Crippen MR) is 123 cm³/mol. The maximum atomic E-state index is 12.8. The number of thiophene rings is 1. The number of methoxy groups -OCH3 is 3. The molecule has 11 heteroatoms. The molecule has 0 spiro atoms. The van der Waals surface area contributed by atoms with E-state index in [1.165, 1.54) is 25.6 Å². The zero-order valence-corrected chi connectivity index (χ0v) is 20.1. The molecule has 2 aromatic heterocycles. The molecular weight excluding hydrogens is 448 g/mol. The fourth-order valence-electron chi connectivity index (χ4n) is 3.10. The molecule has 2 N–H and O–H groups in total. The molecule has 0 radical (unpaired) electrons. The molecule has 0 aliphatic rings. The van der Waals surface area contributed by atoms with Gasteiger partial charge in [0.15, 0.2) is 17.3 Å². The van der Waals surface area contributed by atoms with Crippen molar-refractivity contribution in [2.45, 2.75) is 33.5 Å². The summed E-state index contributed by atoms with van der Waals surface area (Å²) in [6.07, 6.45) is -0.0451. The second-order valence-electron chi connectivity index (χ2n) is 7.26. The van der Waals surface area contributed by atoms with E-state index in [9.17, 15) is 9.59 Å². The van der Waals surface area contributed by atoms with Crippen LogP contribution in [-0.4, -0.2) is 49.2 Å². The lowest BCUT2D eigenvalue weighted by Crippen LogP contribution is -2.41. The van der Waals surface area contributed by atoms with Crippen molar-refractivity contribution in [3.8, 4) is 17.4 Å². The Hall–Kier alpha value is -3.44. The summed E-state index contributed by atoms with van der Waals surface area (Å²) in [4.78, 5) is 35.1. The lowest BCUT2D eigenvalue weighted by molar-refractivity contribution is 0.0848. The van der Waals surface area contributed by atoms with Crippen LogP contribution in [0.3, 0.4) is 0 Å². The Balaban J connectivity index is 1.78. The number of aromatic nitrogens is 2. The lowest BCUT2D eigenvalue weighted by Gasteiger charge is -2.14. The first-order chi connectivity index (χ1) is 15.8. The number of rotatable bonds is 8. The van der Waals surface area contributed by atoms with Crippen molar-refractivity contribution < 1.29 is 28.5 Å². The number of hydrogen-bond donors (Lipinski definition) is 2. The Morgan fingerprint density at radius 3 is 2.39 bits per heavy atom. The molecule has 33 heavy (non-hydrogen) atoms. The number of hydrogen-bond acceptors (Lipinski definition) is 9. The van der Waals surface area contributed by atoms with Gasteiger partial charge in [-0.2, -0.15) is 4.98 Å². The number of nitrogens with zero attached hydrogens (tertiary/aromatic N) is 2. The average molecular weight is 475 g/mol. The smallest absolute Gasteiger partial charge is 0.280 e. The molecule has 10 nitrogen and oxygen atoms in total. The highest BCUT2D eigenvalue weighted by atomic mass is 32.1. The van der Waals surface area contributed by atoms with Gasteiger partial charge in [0, 0.05) is 12.7 Å². The summed E-state index contributed by atoms with van der Waals surface area (Å²) in [7, 11) is 4.54. The van der Waals surface area contributed by atoms with E-state index in [1.807, 2.05) is 13.8 Å². The summed E-state index contributed by atoms with van der Waals surface area (Å²) >= 11 is 1.18. The predicted octanol–water partition coefficient (Wildman–Crippen LogP) is 3.03. The Kier molecular flexibility index (Phi) is 7.67. The number of amides is 2. The first kappa shape index (κ1) is 24.2. The maximum Gasteiger partial charge on any atom is 0.280 e. The highest BCUT2D eigenvalue weighted by molar-refractivity contribution is 7.20. The Bertz CT molecular complexity index is 1180. The first-order valence-electron chi connectivity index (χ1n) is 10.1. The minimum Gasteiger partial charge on any atom is -0.493 e. The van der Waals surface area contributed by atoms with Gasteiger partial charge in [-0.3, -0.25) is 20.4 Å². The van der Waals surface area contributed by atoms with Crippen molar-refractivity contribution in [3.63, 3.8) is 0 Å². The molecule has 2 heterocycles. The molecule has 2 amide bonds. The van der Waals surface area contributed by atoms with Crippen LogP contribution >= 0.6 is 11.3 Å². The third-order valence-corrected chi connectivity index (χ3v) is 5.74. The number of fused-ring (bicyclic) bond motifs is 1. The quantitative estimate of drug-likeness (QED) is 0.478. The largest absolute Gasteiger partial charge is 0.493 e. The SMILES string of the molecule is COCc1nc(OC)c2c(C)c(C(=O)NNC(=O)c3ccc(OC(C)C)c(OC)c3)sc2n1. The summed E-state index contributed by atoms with van der Waals surface area (Å²) in [6, 6.07) is 4.78. The van der Waals surface area contributed by atoms with E-state index in [0.717, 1.165) is 0 Å². The van der Waals surface area contributed by atoms with E-state index in [4.69, 9.17) is 18.9 Å². The monoisotopic (exact) mass is 474 g/mol. The number of benzene rings is 1. The van der Waals surface area contributed by atoms with Crippen molar-refractivity contribution in [2.75, 3.05) is 21.3 Å². The van der Waals surface area contributed by atoms with Crippen LogP contribution in [-0.2, 0) is 11.3 Å². The fraction of sp³-hybridized carbons (Fsp3) is 0.364. The Morgan fingerprint density at radius 1 is 1.03 bits per heavy atom. The summed E-state index contributed by atoms with van der Waals surface area (Å²) < 4.78 is 21.4. The molecule has 0 saturated carbocycles. The van der Waals surface area contributed by atoms with Crippen LogP contribution in [0.1, 0.15) is 45.3 Å². The molecular formula is C22H26N4O6S. The molecule has 0 atom stereocenters. The summed E-state index contributed by atoms with van der Waals surface area (Å²) in [6.45, 7) is 5.78. The van der Waals surface area contributed by atoms with Gasteiger partial charge in [-0.1, -0.05) is 0 Å². The van der Waals surface area contributed by atoms with Crippen LogP contribution < -0.4 is 25.1 Å². The minimum atomic E-state index is -0.503. The highest BCUT2D eigenvalue weighted by Crippen LogP contribution is 2.35. The van der Waals surface area contributed by atoms with Crippen LogP contribution in [0.5, 0.6) is 17.4 Å². The van der Waals surface area contributed by atoms with Crippen molar-refractivity contribution in [2.24, 2.45) is 0 Å². The van der Waals surface area contributed by atoms with Crippen molar-refractivity contribution >= 4 is 33.4 Å². The third kappa shape index (κ3) is 5.32. The fourth-order valence-corrected chi connectivity index (χ4v) is 4.19. The van der Waals surface area contributed by atoms with E-state index in [-0.39, 0.29) is 12.7 Å². The number of carbonyl (C=O) groups excluding carboxylic acids is 2. The Morgan fingerprint density at radius 2 is 1.76 bits per heavy atom. The van der Waals surface area contributed by atoms with Gasteiger partial charge in [-0.15, -0.1) is 11.3 Å². The molecule has 0 bridgehead atoms. The number of hydrazine groups is 1. The summed E-state index contributed by atoms with van der Waals surface area (Å²) in [5, 5.41) is 0.643. The molecule has 0 unspecified atom stereocenters. The molecule has 0 aliphatic carbocycles. The normalized spacial score (nSPS) is 10.9. The number of ether oxygens (including phenoxy) is 4. The van der Waals surface area contributed by atoms with Gasteiger partial charge in [0.2, 0.25) is 5.88 Å². The van der Waals surface area contributed by atoms with Gasteiger partial charge in [-0.25, -0.2) is 4.98 Å². The van der Waals surface area contributed by atoms with Crippen LogP contribution in [0.25, 0.3) is 10.2 Å². The van der Waals surface area contributed by atoms with Gasteiger partial charge in [0.05, 0.1) is 30.6 Å². The van der Waals surface area contributed by atoms with E-state index in [0.29, 0.717) is 49.4 Å².